The van der Waals surface area contributed by atoms with Crippen molar-refractivity contribution in [2.24, 2.45) is 0 Å². The molecule has 0 spiro atoms. The monoisotopic (exact) mass is 374 g/mol. The second kappa shape index (κ2) is 8.14. The molecule has 4 aromatic carbocycles. The van der Waals surface area contributed by atoms with Crippen LogP contribution in [0.5, 0.6) is 17.2 Å². The highest BCUT2D eigenvalue weighted by Gasteiger charge is 2.12. The number of hydrogen-bond donors (Lipinski definition) is 4. The second-order valence-electron chi connectivity index (χ2n) is 6.08. The van der Waals surface area contributed by atoms with Crippen LogP contribution in [0.3, 0.4) is 0 Å². The van der Waals surface area contributed by atoms with Crippen molar-refractivity contribution >= 4 is 16.7 Å². The van der Waals surface area contributed by atoms with E-state index in [0.29, 0.717) is 5.39 Å². The Balaban J connectivity index is 0.000000161. The molecule has 0 heterocycles. The Kier molecular flexibility index (Phi) is 5.46. The van der Waals surface area contributed by atoms with E-state index in [1.165, 1.54) is 6.07 Å². The first-order chi connectivity index (χ1) is 13.5. The average Bonchev–Trinajstić information content (AvgIpc) is 2.69. The number of aromatic hydroxyl groups is 3. The minimum absolute atomic E-state index is 0.0388. The molecule has 0 amide bonds. The van der Waals surface area contributed by atoms with Gasteiger partial charge in [0, 0.05) is 0 Å². The Labute approximate surface area is 161 Å². The molecule has 0 fully saturated rings. The predicted molar refractivity (Wildman–Crippen MR) is 108 cm³/mol. The summed E-state index contributed by atoms with van der Waals surface area (Å²) in [7, 11) is 0. The molecule has 0 radical (unpaired) electrons. The topological polar surface area (TPSA) is 98.0 Å². The van der Waals surface area contributed by atoms with Gasteiger partial charge in [-0.3, -0.25) is 0 Å². The van der Waals surface area contributed by atoms with Gasteiger partial charge in [-0.1, -0.05) is 54.6 Å². The molecule has 0 bridgehead atoms. The third-order valence-corrected chi connectivity index (χ3v) is 4.19. The van der Waals surface area contributed by atoms with E-state index in [1.54, 1.807) is 48.5 Å². The fourth-order valence-electron chi connectivity index (χ4n) is 2.79. The summed E-state index contributed by atoms with van der Waals surface area (Å²) in [4.78, 5) is 10.9. The van der Waals surface area contributed by atoms with Crippen LogP contribution in [0, 0.1) is 0 Å². The molecule has 5 nitrogen and oxygen atoms in total. The molecule has 0 saturated carbocycles. The lowest BCUT2D eigenvalue weighted by Gasteiger charge is -2.03. The molecular weight excluding hydrogens is 356 g/mol. The van der Waals surface area contributed by atoms with Crippen molar-refractivity contribution in [2.75, 3.05) is 0 Å². The molecule has 4 N–H and O–H groups in total. The van der Waals surface area contributed by atoms with E-state index in [2.05, 4.69) is 0 Å². The normalized spacial score (nSPS) is 10.1. The SMILES string of the molecule is O=C(O)c1c(O)ccc2ccccc12.Oc1ccc(-c2ccc(O)cc2)cc1. The summed E-state index contributed by atoms with van der Waals surface area (Å²) in [5.41, 5.74) is 1.99. The van der Waals surface area contributed by atoms with Crippen LogP contribution >= 0.6 is 0 Å². The molecule has 28 heavy (non-hydrogen) atoms. The Morgan fingerprint density at radius 3 is 1.61 bits per heavy atom. The smallest absolute Gasteiger partial charge is 0.340 e. The molecule has 4 rings (SSSR count). The van der Waals surface area contributed by atoms with E-state index in [1.807, 2.05) is 30.3 Å². The molecule has 0 aliphatic rings. The lowest BCUT2D eigenvalue weighted by Crippen LogP contribution is -1.97. The summed E-state index contributed by atoms with van der Waals surface area (Å²) in [6.45, 7) is 0. The quantitative estimate of drug-likeness (QED) is 0.395. The lowest BCUT2D eigenvalue weighted by molar-refractivity contribution is 0.0696. The van der Waals surface area contributed by atoms with Gasteiger partial charge in [0.2, 0.25) is 0 Å². The van der Waals surface area contributed by atoms with Gasteiger partial charge in [0.05, 0.1) is 0 Å². The number of aromatic carboxylic acids is 1. The van der Waals surface area contributed by atoms with Crippen molar-refractivity contribution < 1.29 is 25.2 Å². The zero-order valence-electron chi connectivity index (χ0n) is 14.8. The number of benzene rings is 4. The van der Waals surface area contributed by atoms with E-state index < -0.39 is 5.97 Å². The van der Waals surface area contributed by atoms with Crippen molar-refractivity contribution in [2.45, 2.75) is 0 Å². The zero-order valence-corrected chi connectivity index (χ0v) is 14.8. The fourth-order valence-corrected chi connectivity index (χ4v) is 2.79. The van der Waals surface area contributed by atoms with E-state index in [4.69, 9.17) is 15.3 Å². The summed E-state index contributed by atoms with van der Waals surface area (Å²) in [6.07, 6.45) is 0. The molecule has 0 aliphatic carbocycles. The number of phenolic OH excluding ortho intramolecular Hbond substituents is 2. The minimum atomic E-state index is -1.11. The first-order valence-electron chi connectivity index (χ1n) is 8.48. The maximum atomic E-state index is 10.9. The summed E-state index contributed by atoms with van der Waals surface area (Å²) in [6, 6.07) is 24.0. The van der Waals surface area contributed by atoms with Crippen molar-refractivity contribution in [1.29, 1.82) is 0 Å². The fraction of sp³-hybridized carbons (Fsp3) is 0. The lowest BCUT2D eigenvalue weighted by atomic mass is 10.0. The Morgan fingerprint density at radius 2 is 1.11 bits per heavy atom. The maximum Gasteiger partial charge on any atom is 0.340 e. The molecular formula is C23H18O5. The number of carboxylic acids is 1. The summed E-state index contributed by atoms with van der Waals surface area (Å²) >= 11 is 0. The van der Waals surface area contributed by atoms with E-state index in [-0.39, 0.29) is 22.8 Å². The summed E-state index contributed by atoms with van der Waals surface area (Å²) in [5.74, 6) is -0.796. The highest BCUT2D eigenvalue weighted by atomic mass is 16.4. The van der Waals surface area contributed by atoms with Crippen LogP contribution in [0.4, 0.5) is 0 Å². The Bertz CT molecular complexity index is 1060. The summed E-state index contributed by atoms with van der Waals surface area (Å²) < 4.78 is 0. The largest absolute Gasteiger partial charge is 0.508 e. The number of hydrogen-bond acceptors (Lipinski definition) is 4. The van der Waals surface area contributed by atoms with Crippen LogP contribution in [-0.4, -0.2) is 26.4 Å². The third-order valence-electron chi connectivity index (χ3n) is 4.19. The van der Waals surface area contributed by atoms with Crippen molar-refractivity contribution in [3.63, 3.8) is 0 Å². The van der Waals surface area contributed by atoms with E-state index in [0.717, 1.165) is 16.5 Å². The number of phenols is 3. The van der Waals surface area contributed by atoms with Crippen molar-refractivity contribution in [1.82, 2.24) is 0 Å². The van der Waals surface area contributed by atoms with Crippen LogP contribution in [0.2, 0.25) is 0 Å². The second-order valence-corrected chi connectivity index (χ2v) is 6.08. The van der Waals surface area contributed by atoms with Gasteiger partial charge in [0.25, 0.3) is 0 Å². The molecule has 0 unspecified atom stereocenters. The Hall–Kier alpha value is -3.99. The summed E-state index contributed by atoms with van der Waals surface area (Å²) in [5, 5.41) is 37.9. The first-order valence-corrected chi connectivity index (χ1v) is 8.48. The van der Waals surface area contributed by atoms with E-state index in [9.17, 15) is 9.90 Å². The third kappa shape index (κ3) is 4.22. The number of carboxylic acid groups (broad SMARTS) is 1. The highest BCUT2D eigenvalue weighted by Crippen LogP contribution is 2.26. The maximum absolute atomic E-state index is 10.9. The molecule has 5 heteroatoms. The molecule has 4 aromatic rings. The molecule has 0 atom stereocenters. The predicted octanol–water partition coefficient (Wildman–Crippen LogP) is 5.01. The molecule has 0 aliphatic heterocycles. The van der Waals surface area contributed by atoms with Crippen molar-refractivity contribution in [3.8, 4) is 28.4 Å². The minimum Gasteiger partial charge on any atom is -0.508 e. The first kappa shape index (κ1) is 18.8. The van der Waals surface area contributed by atoms with Gasteiger partial charge in [-0.25, -0.2) is 4.79 Å². The molecule has 0 saturated heterocycles. The van der Waals surface area contributed by atoms with Crippen molar-refractivity contribution in [3.05, 3.63) is 90.5 Å². The van der Waals surface area contributed by atoms with Gasteiger partial charge in [-0.15, -0.1) is 0 Å². The number of fused-ring (bicyclic) bond motifs is 1. The van der Waals surface area contributed by atoms with Gasteiger partial charge in [0.15, 0.2) is 0 Å². The average molecular weight is 374 g/mol. The zero-order chi connectivity index (χ0) is 20.1. The standard InChI is InChI=1S/C12H10O2.C11H8O3/c13-11-5-1-9(2-6-11)10-3-7-12(14)8-4-10;12-9-6-5-7-3-1-2-4-8(7)10(9)11(13)14/h1-8,13-14H;1-6,12H,(H,13,14). The van der Waals surface area contributed by atoms with Crippen LogP contribution in [-0.2, 0) is 0 Å². The van der Waals surface area contributed by atoms with Crippen LogP contribution in [0.1, 0.15) is 10.4 Å². The van der Waals surface area contributed by atoms with Gasteiger partial charge >= 0.3 is 5.97 Å². The van der Waals surface area contributed by atoms with Gasteiger partial charge in [0.1, 0.15) is 22.8 Å². The van der Waals surface area contributed by atoms with E-state index >= 15 is 0 Å². The molecule has 0 aromatic heterocycles. The van der Waals surface area contributed by atoms with Crippen LogP contribution < -0.4 is 0 Å². The van der Waals surface area contributed by atoms with Crippen LogP contribution in [0.15, 0.2) is 84.9 Å². The van der Waals surface area contributed by atoms with Gasteiger partial charge in [-0.05, 0) is 52.2 Å². The van der Waals surface area contributed by atoms with Gasteiger partial charge < -0.3 is 20.4 Å². The molecule has 140 valence electrons. The van der Waals surface area contributed by atoms with Gasteiger partial charge in [-0.2, -0.15) is 0 Å². The Morgan fingerprint density at radius 1 is 0.607 bits per heavy atom. The highest BCUT2D eigenvalue weighted by molar-refractivity contribution is 6.06. The number of rotatable bonds is 2. The van der Waals surface area contributed by atoms with Crippen LogP contribution in [0.25, 0.3) is 21.9 Å². The number of carbonyl (C=O) groups is 1.